The number of nitrogens with one attached hydrogen (secondary N) is 7. The second-order valence-electron chi connectivity index (χ2n) is 19.4. The van der Waals surface area contributed by atoms with Gasteiger partial charge in [-0.05, 0) is 41.7 Å². The van der Waals surface area contributed by atoms with Gasteiger partial charge in [0.15, 0.2) is 5.82 Å². The molecule has 0 spiro atoms. The number of hydrogen-bond acceptors (Lipinski definition) is 10. The van der Waals surface area contributed by atoms with Crippen molar-refractivity contribution in [3.05, 3.63) is 95.8 Å². The van der Waals surface area contributed by atoms with Crippen molar-refractivity contribution in [1.29, 1.82) is 0 Å². The maximum absolute atomic E-state index is 14.4. The maximum atomic E-state index is 14.4. The molecule has 18 heteroatoms. The van der Waals surface area contributed by atoms with E-state index in [4.69, 9.17) is 0 Å². The zero-order valence-corrected chi connectivity index (χ0v) is 41.2. The number of carbonyl (C=O) groups is 5. The number of hydrogen-bond donors (Lipinski definition) is 8. The van der Waals surface area contributed by atoms with Crippen LogP contribution in [0.3, 0.4) is 0 Å². The van der Waals surface area contributed by atoms with E-state index in [-0.39, 0.29) is 44.1 Å². The molecule has 1 saturated carbocycles. The molecule has 6 amide bonds. The van der Waals surface area contributed by atoms with E-state index in [1.807, 2.05) is 60.7 Å². The summed E-state index contributed by atoms with van der Waals surface area (Å²) in [6, 6.07) is 16.3. The van der Waals surface area contributed by atoms with Crippen LogP contribution in [0, 0.1) is 23.7 Å². The molecule has 0 bridgehead atoms. The Balaban J connectivity index is 1.31. The summed E-state index contributed by atoms with van der Waals surface area (Å²) in [6.07, 6.45) is 13.0. The number of aliphatic hydroxyl groups is 1. The van der Waals surface area contributed by atoms with E-state index < -0.39 is 59.3 Å². The summed E-state index contributed by atoms with van der Waals surface area (Å²) < 4.78 is 0. The van der Waals surface area contributed by atoms with Gasteiger partial charge in [-0.2, -0.15) is 5.21 Å². The molecule has 0 saturated heterocycles. The Morgan fingerprint density at radius 3 is 2.16 bits per heavy atom. The number of benzene rings is 2. The van der Waals surface area contributed by atoms with Crippen LogP contribution < -0.4 is 26.6 Å². The summed E-state index contributed by atoms with van der Waals surface area (Å²) in [5, 5.41) is 40.3. The minimum Gasteiger partial charge on any atom is -0.391 e. The molecule has 1 unspecified atom stereocenters. The van der Waals surface area contributed by atoms with Gasteiger partial charge in [-0.15, -0.1) is 10.2 Å². The number of unbranched alkanes of at least 4 members (excludes halogenated alkanes) is 2. The minimum absolute atomic E-state index is 0.00881. The zero-order chi connectivity index (χ0) is 49.6. The van der Waals surface area contributed by atoms with Gasteiger partial charge in [0.2, 0.25) is 23.6 Å². The van der Waals surface area contributed by atoms with Crippen LogP contribution in [-0.2, 0) is 45.1 Å². The predicted molar refractivity (Wildman–Crippen MR) is 263 cm³/mol. The van der Waals surface area contributed by atoms with Gasteiger partial charge >= 0.3 is 6.03 Å². The minimum atomic E-state index is -1.62. The monoisotopic (exact) mass is 953 g/mol. The summed E-state index contributed by atoms with van der Waals surface area (Å²) in [5.74, 6) is -2.20. The van der Waals surface area contributed by atoms with Crippen molar-refractivity contribution in [3.63, 3.8) is 0 Å². The standard InChI is InChI=1S/C51H76N12O6/c1-35(2)26-27-63(33-40-23-15-8-16-24-40)50(69)57-42(28-39-21-13-7-14-22-39)48(67)56-43(29-41-30-52-34-55-41)47(66)53-31-44(64)37(5)51(36(3)4,49(68)54-32-45-59-61-62-60-45)58-46(65)25-17-9-12-20-38-18-10-6-11-19-38/h7-8,13-16,21-24,30,34-38,42-44,64H,6,9-12,17-20,25-29,31-33H2,1-5H3,(H,52,55)(H,53,66)(H,54,68)(H,56,67)(H,57,69)(H,58,65)(H,59,60,61,62)/t37-,42-,43-,44?,51-/m0/s1. The number of H-pyrrole nitrogens is 2. The van der Waals surface area contributed by atoms with Crippen molar-refractivity contribution in [2.45, 2.75) is 155 Å². The van der Waals surface area contributed by atoms with Crippen LogP contribution in [0.1, 0.15) is 128 Å². The molecule has 4 aromatic rings. The first kappa shape index (κ1) is 53.8. The fraction of sp³-hybridized carbons (Fsp3) is 0.588. The third-order valence-corrected chi connectivity index (χ3v) is 13.4. The van der Waals surface area contributed by atoms with E-state index in [1.165, 1.54) is 38.4 Å². The SMILES string of the molecule is CC(C)CCN(Cc1ccccc1)C(=O)N[C@@H](Cc1ccccc1)C(=O)N[C@@H](Cc1cnc[nH]1)C(=O)NCC(O)[C@H](C)[C@](NC(=O)CCCCCC1CCCCC1)(C(=O)NCc1nn[nH]n1)C(C)C. The first-order valence-corrected chi connectivity index (χ1v) is 24.9. The number of carbonyl (C=O) groups excluding carboxylic acids is 5. The van der Waals surface area contributed by atoms with Crippen molar-refractivity contribution in [3.8, 4) is 0 Å². The Bertz CT molecular complexity index is 2130. The lowest BCUT2D eigenvalue weighted by Gasteiger charge is -2.43. The Kier molecular flexibility index (Phi) is 21.6. The van der Waals surface area contributed by atoms with E-state index in [0.29, 0.717) is 31.1 Å². The molecular weight excluding hydrogens is 877 g/mol. The van der Waals surface area contributed by atoms with Crippen LogP contribution in [0.2, 0.25) is 0 Å². The van der Waals surface area contributed by atoms with E-state index in [2.05, 4.69) is 71.0 Å². The van der Waals surface area contributed by atoms with Gasteiger partial charge in [-0.25, -0.2) is 9.78 Å². The molecule has 5 rings (SSSR count). The van der Waals surface area contributed by atoms with Gasteiger partial charge in [-0.1, -0.05) is 152 Å². The van der Waals surface area contributed by atoms with Gasteiger partial charge in [0.1, 0.15) is 17.6 Å². The quantitative estimate of drug-likeness (QED) is 0.0342. The lowest BCUT2D eigenvalue weighted by Crippen LogP contribution is -2.68. The normalized spacial score (nSPS) is 15.6. The first-order valence-electron chi connectivity index (χ1n) is 24.9. The van der Waals surface area contributed by atoms with Gasteiger partial charge in [0.05, 0.1) is 19.0 Å². The number of imidazole rings is 1. The third-order valence-electron chi connectivity index (χ3n) is 13.4. The Hall–Kier alpha value is -6.17. The van der Waals surface area contributed by atoms with Crippen molar-refractivity contribution in [1.82, 2.24) is 62.1 Å². The lowest BCUT2D eigenvalue weighted by atomic mass is 9.72. The van der Waals surface area contributed by atoms with Gasteiger partial charge in [0.25, 0.3) is 0 Å². The maximum Gasteiger partial charge on any atom is 0.318 e. The molecule has 18 nitrogen and oxygen atoms in total. The summed E-state index contributed by atoms with van der Waals surface area (Å²) in [7, 11) is 0. The molecule has 0 radical (unpaired) electrons. The largest absolute Gasteiger partial charge is 0.391 e. The van der Waals surface area contributed by atoms with Crippen LogP contribution in [0.5, 0.6) is 0 Å². The van der Waals surface area contributed by atoms with Crippen LogP contribution in [0.15, 0.2) is 73.2 Å². The molecule has 1 aliphatic rings. The molecule has 1 fully saturated rings. The number of aliphatic hydroxyl groups excluding tert-OH is 1. The summed E-state index contributed by atoms with van der Waals surface area (Å²) in [5.41, 5.74) is 0.687. The average molecular weight is 953 g/mol. The smallest absolute Gasteiger partial charge is 0.318 e. The number of nitrogens with zero attached hydrogens (tertiary/aromatic N) is 5. The molecule has 2 aromatic carbocycles. The fourth-order valence-electron chi connectivity index (χ4n) is 9.21. The van der Waals surface area contributed by atoms with Gasteiger partial charge in [0, 0.05) is 56.7 Å². The molecule has 2 heterocycles. The molecular formula is C51H76N12O6. The van der Waals surface area contributed by atoms with E-state index >= 15 is 0 Å². The van der Waals surface area contributed by atoms with Gasteiger partial charge in [-0.3, -0.25) is 19.2 Å². The van der Waals surface area contributed by atoms with Crippen LogP contribution >= 0.6 is 0 Å². The molecule has 2 aromatic heterocycles. The third kappa shape index (κ3) is 17.1. The molecule has 376 valence electrons. The summed E-state index contributed by atoms with van der Waals surface area (Å²) in [4.78, 5) is 79.7. The number of tetrazole rings is 1. The van der Waals surface area contributed by atoms with Crippen LogP contribution in [-0.4, -0.2) is 107 Å². The van der Waals surface area contributed by atoms with Crippen molar-refractivity contribution in [2.24, 2.45) is 23.7 Å². The van der Waals surface area contributed by atoms with E-state index in [1.54, 1.807) is 31.9 Å². The number of aromatic nitrogens is 6. The first-order chi connectivity index (χ1) is 33.2. The molecule has 0 aliphatic heterocycles. The highest BCUT2D eigenvalue weighted by Crippen LogP contribution is 2.31. The topological polar surface area (TPSA) is 252 Å². The highest BCUT2D eigenvalue weighted by atomic mass is 16.3. The highest BCUT2D eigenvalue weighted by molar-refractivity contribution is 5.93. The zero-order valence-electron chi connectivity index (χ0n) is 41.2. The Labute approximate surface area is 407 Å². The van der Waals surface area contributed by atoms with E-state index in [0.717, 1.165) is 42.7 Å². The van der Waals surface area contributed by atoms with Crippen LogP contribution in [0.25, 0.3) is 0 Å². The molecule has 1 aliphatic carbocycles. The molecule has 8 N–H and O–H groups in total. The lowest BCUT2D eigenvalue weighted by molar-refractivity contribution is -0.141. The van der Waals surface area contributed by atoms with E-state index in [9.17, 15) is 29.1 Å². The number of amides is 6. The number of urea groups is 1. The highest BCUT2D eigenvalue weighted by Gasteiger charge is 2.50. The molecule has 5 atom stereocenters. The average Bonchev–Trinajstić information content (AvgIpc) is 4.08. The van der Waals surface area contributed by atoms with Crippen LogP contribution in [0.4, 0.5) is 4.79 Å². The van der Waals surface area contributed by atoms with Crippen molar-refractivity contribution >= 4 is 29.7 Å². The number of aromatic amines is 2. The van der Waals surface area contributed by atoms with Gasteiger partial charge < -0.3 is 41.6 Å². The predicted octanol–water partition coefficient (Wildman–Crippen LogP) is 5.29. The Morgan fingerprint density at radius 2 is 1.52 bits per heavy atom. The fourth-order valence-corrected chi connectivity index (χ4v) is 9.21. The second-order valence-corrected chi connectivity index (χ2v) is 19.4. The van der Waals surface area contributed by atoms with Crippen molar-refractivity contribution < 1.29 is 29.1 Å². The second kappa shape index (κ2) is 27.7. The van der Waals surface area contributed by atoms with Crippen molar-refractivity contribution in [2.75, 3.05) is 13.1 Å². The summed E-state index contributed by atoms with van der Waals surface area (Å²) >= 11 is 0. The molecule has 69 heavy (non-hydrogen) atoms. The Morgan fingerprint density at radius 1 is 0.826 bits per heavy atom. The number of rotatable bonds is 28. The summed E-state index contributed by atoms with van der Waals surface area (Å²) in [6.45, 7) is 9.84.